The highest BCUT2D eigenvalue weighted by Gasteiger charge is 2.43. The molecule has 4 amide bonds. The summed E-state index contributed by atoms with van der Waals surface area (Å²) in [7, 11) is 0. The molecule has 1 N–H and O–H groups in total. The monoisotopic (exact) mass is 384 g/mol. The molecule has 3 aliphatic rings. The molecular formula is C21H28N4O3. The summed E-state index contributed by atoms with van der Waals surface area (Å²) in [6.45, 7) is 6.42. The standard InChI is InChI=1S/C21H28N4O3/c1-16-4-2-5-17(10-16)12-23-8-3-6-21(14-23)7-9-24(15-21)19(27)13-25-18(26)11-22-20(25)28/h2,4-5,10H,3,6-9,11-15H2,1H3,(H,22,28)/t21-/m1/s1. The molecule has 0 radical (unpaired) electrons. The lowest BCUT2D eigenvalue weighted by molar-refractivity contribution is -0.136. The van der Waals surface area contributed by atoms with Crippen molar-refractivity contribution < 1.29 is 14.4 Å². The summed E-state index contributed by atoms with van der Waals surface area (Å²) in [6.07, 6.45) is 3.26. The van der Waals surface area contributed by atoms with Crippen LogP contribution in [0.25, 0.3) is 0 Å². The van der Waals surface area contributed by atoms with Gasteiger partial charge in [0.1, 0.15) is 6.54 Å². The summed E-state index contributed by atoms with van der Waals surface area (Å²) < 4.78 is 0. The Morgan fingerprint density at radius 2 is 2.04 bits per heavy atom. The van der Waals surface area contributed by atoms with E-state index in [1.54, 1.807) is 0 Å². The zero-order chi connectivity index (χ0) is 19.7. The van der Waals surface area contributed by atoms with E-state index in [0.717, 1.165) is 50.3 Å². The average Bonchev–Trinajstić information content (AvgIpc) is 3.20. The van der Waals surface area contributed by atoms with E-state index in [4.69, 9.17) is 0 Å². The van der Waals surface area contributed by atoms with Crippen LogP contribution in [0.1, 0.15) is 30.4 Å². The third kappa shape index (κ3) is 3.90. The minimum Gasteiger partial charge on any atom is -0.341 e. The van der Waals surface area contributed by atoms with Gasteiger partial charge in [-0.15, -0.1) is 0 Å². The maximum absolute atomic E-state index is 12.7. The first-order valence-electron chi connectivity index (χ1n) is 10.1. The van der Waals surface area contributed by atoms with E-state index >= 15 is 0 Å². The number of aryl methyl sites for hydroxylation is 1. The highest BCUT2D eigenvalue weighted by Crippen LogP contribution is 2.39. The molecule has 1 spiro atoms. The highest BCUT2D eigenvalue weighted by molar-refractivity contribution is 6.04. The molecule has 1 aromatic carbocycles. The van der Waals surface area contributed by atoms with Gasteiger partial charge in [-0.1, -0.05) is 29.8 Å². The number of urea groups is 1. The second-order valence-electron chi connectivity index (χ2n) is 8.51. The Kier molecular flexibility index (Phi) is 5.10. The molecule has 3 aliphatic heterocycles. The van der Waals surface area contributed by atoms with E-state index in [9.17, 15) is 14.4 Å². The number of hydrogen-bond donors (Lipinski definition) is 1. The van der Waals surface area contributed by atoms with Crippen molar-refractivity contribution in [1.29, 1.82) is 0 Å². The molecule has 28 heavy (non-hydrogen) atoms. The van der Waals surface area contributed by atoms with Gasteiger partial charge in [-0.2, -0.15) is 0 Å². The van der Waals surface area contributed by atoms with Crippen LogP contribution in [0.2, 0.25) is 0 Å². The van der Waals surface area contributed by atoms with Crippen molar-refractivity contribution in [2.45, 2.75) is 32.7 Å². The predicted molar refractivity (Wildman–Crippen MR) is 104 cm³/mol. The molecule has 0 saturated carbocycles. The first-order valence-corrected chi connectivity index (χ1v) is 10.1. The molecule has 4 rings (SSSR count). The number of nitrogens with zero attached hydrogens (tertiary/aromatic N) is 3. The summed E-state index contributed by atoms with van der Waals surface area (Å²) in [5.41, 5.74) is 2.75. The van der Waals surface area contributed by atoms with Gasteiger partial charge in [0.25, 0.3) is 5.91 Å². The number of nitrogens with one attached hydrogen (secondary N) is 1. The summed E-state index contributed by atoms with van der Waals surface area (Å²) in [5, 5.41) is 2.47. The number of amides is 4. The molecule has 0 aliphatic carbocycles. The Labute approximate surface area is 165 Å². The third-order valence-electron chi connectivity index (χ3n) is 6.25. The van der Waals surface area contributed by atoms with Crippen molar-refractivity contribution in [3.63, 3.8) is 0 Å². The van der Waals surface area contributed by atoms with Gasteiger partial charge in [0.05, 0.1) is 6.54 Å². The van der Waals surface area contributed by atoms with Gasteiger partial charge >= 0.3 is 6.03 Å². The first kappa shape index (κ1) is 18.9. The Morgan fingerprint density at radius 1 is 1.18 bits per heavy atom. The fourth-order valence-electron chi connectivity index (χ4n) is 4.85. The Hall–Kier alpha value is -2.41. The Bertz CT molecular complexity index is 780. The first-order chi connectivity index (χ1) is 13.4. The molecule has 3 saturated heterocycles. The van der Waals surface area contributed by atoms with Crippen LogP contribution in [0.4, 0.5) is 4.79 Å². The molecule has 0 aromatic heterocycles. The second kappa shape index (κ2) is 7.54. The predicted octanol–water partition coefficient (Wildman–Crippen LogP) is 1.36. The number of carbonyl (C=O) groups excluding carboxylic acids is 3. The molecule has 7 nitrogen and oxygen atoms in total. The van der Waals surface area contributed by atoms with Gasteiger partial charge < -0.3 is 10.2 Å². The maximum Gasteiger partial charge on any atom is 0.325 e. The molecule has 0 bridgehead atoms. The van der Waals surface area contributed by atoms with Gasteiger partial charge in [0, 0.05) is 31.6 Å². The van der Waals surface area contributed by atoms with E-state index < -0.39 is 6.03 Å². The molecule has 3 heterocycles. The summed E-state index contributed by atoms with van der Waals surface area (Å²) in [5.74, 6) is -0.452. The van der Waals surface area contributed by atoms with E-state index in [-0.39, 0.29) is 30.3 Å². The van der Waals surface area contributed by atoms with Crippen LogP contribution in [0.3, 0.4) is 0 Å². The molecule has 3 fully saturated rings. The topological polar surface area (TPSA) is 73.0 Å². The zero-order valence-corrected chi connectivity index (χ0v) is 16.4. The van der Waals surface area contributed by atoms with Gasteiger partial charge in [-0.05, 0) is 38.3 Å². The summed E-state index contributed by atoms with van der Waals surface area (Å²) in [6, 6.07) is 8.18. The van der Waals surface area contributed by atoms with E-state index in [0.29, 0.717) is 6.54 Å². The number of piperidine rings is 1. The molecule has 1 atom stereocenters. The molecule has 0 unspecified atom stereocenters. The number of imide groups is 1. The lowest BCUT2D eigenvalue weighted by atomic mass is 9.79. The second-order valence-corrected chi connectivity index (χ2v) is 8.51. The average molecular weight is 384 g/mol. The SMILES string of the molecule is Cc1cccc(CN2CCC[C@@]3(CCN(C(=O)CN4C(=O)CNC4=O)C3)C2)c1. The third-order valence-corrected chi connectivity index (χ3v) is 6.25. The zero-order valence-electron chi connectivity index (χ0n) is 16.4. The van der Waals surface area contributed by atoms with Crippen molar-refractivity contribution >= 4 is 17.8 Å². The van der Waals surface area contributed by atoms with E-state index in [1.807, 2.05) is 4.90 Å². The lowest BCUT2D eigenvalue weighted by Gasteiger charge is -2.40. The minimum absolute atomic E-state index is 0.00995. The van der Waals surface area contributed by atoms with Crippen LogP contribution in [0, 0.1) is 12.3 Å². The Balaban J connectivity index is 1.36. The largest absolute Gasteiger partial charge is 0.341 e. The minimum atomic E-state index is -0.464. The highest BCUT2D eigenvalue weighted by atomic mass is 16.2. The van der Waals surface area contributed by atoms with Crippen molar-refractivity contribution in [3.8, 4) is 0 Å². The van der Waals surface area contributed by atoms with Crippen LogP contribution < -0.4 is 5.32 Å². The summed E-state index contributed by atoms with van der Waals surface area (Å²) >= 11 is 0. The van der Waals surface area contributed by atoms with Gasteiger partial charge in [-0.25, -0.2) is 4.79 Å². The molecular weight excluding hydrogens is 356 g/mol. The Morgan fingerprint density at radius 3 is 2.79 bits per heavy atom. The quantitative estimate of drug-likeness (QED) is 0.796. The van der Waals surface area contributed by atoms with Crippen LogP contribution in [-0.2, 0) is 16.1 Å². The van der Waals surface area contributed by atoms with Crippen molar-refractivity contribution in [1.82, 2.24) is 20.0 Å². The van der Waals surface area contributed by atoms with Crippen LogP contribution in [0.15, 0.2) is 24.3 Å². The van der Waals surface area contributed by atoms with Crippen molar-refractivity contribution in [2.24, 2.45) is 5.41 Å². The summed E-state index contributed by atoms with van der Waals surface area (Å²) in [4.78, 5) is 41.5. The van der Waals surface area contributed by atoms with Crippen LogP contribution in [0.5, 0.6) is 0 Å². The number of hydrogen-bond acceptors (Lipinski definition) is 4. The van der Waals surface area contributed by atoms with Gasteiger partial charge in [0.15, 0.2) is 0 Å². The fraction of sp³-hybridized carbons (Fsp3) is 0.571. The van der Waals surface area contributed by atoms with E-state index in [2.05, 4.69) is 41.4 Å². The fourth-order valence-corrected chi connectivity index (χ4v) is 4.85. The number of likely N-dealkylation sites (tertiary alicyclic amines) is 2. The van der Waals surface area contributed by atoms with Gasteiger partial charge in [-0.3, -0.25) is 19.4 Å². The van der Waals surface area contributed by atoms with E-state index in [1.165, 1.54) is 11.1 Å². The number of rotatable bonds is 4. The van der Waals surface area contributed by atoms with Crippen molar-refractivity contribution in [2.75, 3.05) is 39.3 Å². The molecule has 1 aromatic rings. The van der Waals surface area contributed by atoms with Crippen LogP contribution >= 0.6 is 0 Å². The number of benzene rings is 1. The molecule has 150 valence electrons. The van der Waals surface area contributed by atoms with Gasteiger partial charge in [0.2, 0.25) is 5.91 Å². The lowest BCUT2D eigenvalue weighted by Crippen LogP contribution is -2.46. The molecule has 7 heteroatoms. The maximum atomic E-state index is 12.7. The van der Waals surface area contributed by atoms with Crippen molar-refractivity contribution in [3.05, 3.63) is 35.4 Å². The normalized spacial score (nSPS) is 25.6. The number of carbonyl (C=O) groups is 3. The van der Waals surface area contributed by atoms with Crippen LogP contribution in [-0.4, -0.2) is 71.8 Å². The smallest absolute Gasteiger partial charge is 0.325 e.